The van der Waals surface area contributed by atoms with Gasteiger partial charge in [-0.2, -0.15) is 0 Å². The number of nitrogens with zero attached hydrogens (tertiary/aromatic N) is 2. The summed E-state index contributed by atoms with van der Waals surface area (Å²) in [5, 5.41) is 3.13. The number of amides is 1. The van der Waals surface area contributed by atoms with Crippen molar-refractivity contribution in [3.63, 3.8) is 0 Å². The summed E-state index contributed by atoms with van der Waals surface area (Å²) in [4.78, 5) is 17.0. The van der Waals surface area contributed by atoms with Gasteiger partial charge in [0.1, 0.15) is 11.6 Å². The van der Waals surface area contributed by atoms with Crippen LogP contribution in [0.1, 0.15) is 13.3 Å². The largest absolute Gasteiger partial charge is 0.370 e. The second kappa shape index (κ2) is 5.34. The number of primary amides is 1. The van der Waals surface area contributed by atoms with Crippen molar-refractivity contribution in [1.29, 1.82) is 0 Å². The summed E-state index contributed by atoms with van der Waals surface area (Å²) in [6.45, 7) is 1.90. The molecule has 1 rings (SSSR count). The molecule has 0 aliphatic carbocycles. The quantitative estimate of drug-likeness (QED) is 0.774. The second-order valence-corrected chi connectivity index (χ2v) is 3.99. The van der Waals surface area contributed by atoms with Crippen LogP contribution in [0.25, 0.3) is 0 Å². The summed E-state index contributed by atoms with van der Waals surface area (Å²) in [5.74, 6) is 1.31. The average molecular weight is 222 g/mol. The molecule has 0 aromatic carbocycles. The van der Waals surface area contributed by atoms with Gasteiger partial charge < -0.3 is 16.0 Å². The molecule has 5 nitrogen and oxygen atoms in total. The first-order chi connectivity index (χ1) is 7.49. The Bertz CT molecular complexity index is 365. The Morgan fingerprint density at radius 3 is 2.81 bits per heavy atom. The third kappa shape index (κ3) is 3.76. The van der Waals surface area contributed by atoms with Crippen molar-refractivity contribution < 1.29 is 4.79 Å². The lowest BCUT2D eigenvalue weighted by atomic mass is 10.2. The molecule has 3 N–H and O–H groups in total. The van der Waals surface area contributed by atoms with Gasteiger partial charge >= 0.3 is 0 Å². The van der Waals surface area contributed by atoms with E-state index in [1.54, 1.807) is 0 Å². The van der Waals surface area contributed by atoms with E-state index in [0.717, 1.165) is 11.6 Å². The molecule has 0 aliphatic heterocycles. The Morgan fingerprint density at radius 2 is 2.25 bits per heavy atom. The maximum absolute atomic E-state index is 10.7. The van der Waals surface area contributed by atoms with Gasteiger partial charge in [-0.3, -0.25) is 4.79 Å². The molecule has 1 aromatic heterocycles. The van der Waals surface area contributed by atoms with Crippen LogP contribution < -0.4 is 16.0 Å². The molecule has 1 aromatic rings. The lowest BCUT2D eigenvalue weighted by molar-refractivity contribution is -0.118. The topological polar surface area (TPSA) is 71.2 Å². The lowest BCUT2D eigenvalue weighted by Crippen LogP contribution is -2.24. The number of anilines is 2. The molecular weight excluding hydrogens is 204 g/mol. The minimum Gasteiger partial charge on any atom is -0.370 e. The van der Waals surface area contributed by atoms with Crippen LogP contribution >= 0.6 is 0 Å². The standard InChI is InChI=1S/C11H18N4O/c1-8(7-9(12)16)13-10-5-4-6-11(14-10)15(2)3/h4-6,8H,7H2,1-3H3,(H2,12,16)(H,13,14). The van der Waals surface area contributed by atoms with Crippen molar-refractivity contribution in [2.24, 2.45) is 5.73 Å². The van der Waals surface area contributed by atoms with E-state index in [2.05, 4.69) is 10.3 Å². The lowest BCUT2D eigenvalue weighted by Gasteiger charge is -2.16. The molecule has 5 heteroatoms. The summed E-state index contributed by atoms with van der Waals surface area (Å²) in [6.07, 6.45) is 0.299. The van der Waals surface area contributed by atoms with Crippen LogP contribution in [-0.4, -0.2) is 31.0 Å². The Balaban J connectivity index is 2.66. The maximum atomic E-state index is 10.7. The van der Waals surface area contributed by atoms with Crippen LogP contribution in [0.3, 0.4) is 0 Å². The highest BCUT2D eigenvalue weighted by Gasteiger charge is 2.07. The molecule has 0 saturated heterocycles. The molecule has 1 atom stereocenters. The summed E-state index contributed by atoms with van der Waals surface area (Å²) in [5.41, 5.74) is 5.12. The molecule has 1 heterocycles. The van der Waals surface area contributed by atoms with E-state index < -0.39 is 0 Å². The monoisotopic (exact) mass is 222 g/mol. The van der Waals surface area contributed by atoms with Crippen molar-refractivity contribution in [2.45, 2.75) is 19.4 Å². The van der Waals surface area contributed by atoms with Gasteiger partial charge in [-0.05, 0) is 19.1 Å². The number of hydrogen-bond acceptors (Lipinski definition) is 4. The molecule has 1 unspecified atom stereocenters. The van der Waals surface area contributed by atoms with Gasteiger partial charge in [0.25, 0.3) is 0 Å². The highest BCUT2D eigenvalue weighted by atomic mass is 16.1. The molecule has 0 radical (unpaired) electrons. The number of aromatic nitrogens is 1. The van der Waals surface area contributed by atoms with Crippen molar-refractivity contribution >= 4 is 17.5 Å². The van der Waals surface area contributed by atoms with E-state index in [-0.39, 0.29) is 11.9 Å². The summed E-state index contributed by atoms with van der Waals surface area (Å²) < 4.78 is 0. The highest BCUT2D eigenvalue weighted by Crippen LogP contribution is 2.12. The zero-order valence-corrected chi connectivity index (χ0v) is 9.90. The summed E-state index contributed by atoms with van der Waals surface area (Å²) in [6, 6.07) is 5.69. The Morgan fingerprint density at radius 1 is 1.56 bits per heavy atom. The van der Waals surface area contributed by atoms with Gasteiger partial charge in [-0.1, -0.05) is 6.07 Å². The summed E-state index contributed by atoms with van der Waals surface area (Å²) in [7, 11) is 3.86. The van der Waals surface area contributed by atoms with Crippen LogP contribution in [0.4, 0.5) is 11.6 Å². The molecule has 16 heavy (non-hydrogen) atoms. The van der Waals surface area contributed by atoms with Crippen LogP contribution in [-0.2, 0) is 4.79 Å². The van der Waals surface area contributed by atoms with Crippen molar-refractivity contribution in [1.82, 2.24) is 4.98 Å². The first-order valence-corrected chi connectivity index (χ1v) is 5.18. The van der Waals surface area contributed by atoms with Crippen molar-refractivity contribution in [2.75, 3.05) is 24.3 Å². The van der Waals surface area contributed by atoms with Gasteiger partial charge in [0.05, 0.1) is 0 Å². The molecule has 1 amide bonds. The zero-order chi connectivity index (χ0) is 12.1. The molecule has 88 valence electrons. The fraction of sp³-hybridized carbons (Fsp3) is 0.455. The highest BCUT2D eigenvalue weighted by molar-refractivity contribution is 5.74. The number of pyridine rings is 1. The third-order valence-corrected chi connectivity index (χ3v) is 2.09. The Labute approximate surface area is 95.7 Å². The molecule has 0 spiro atoms. The molecular formula is C11H18N4O. The summed E-state index contributed by atoms with van der Waals surface area (Å²) >= 11 is 0. The predicted molar refractivity (Wildman–Crippen MR) is 65.5 cm³/mol. The van der Waals surface area contributed by atoms with Crippen molar-refractivity contribution in [3.8, 4) is 0 Å². The third-order valence-electron chi connectivity index (χ3n) is 2.09. The van der Waals surface area contributed by atoms with E-state index in [0.29, 0.717) is 6.42 Å². The number of hydrogen-bond donors (Lipinski definition) is 2. The Kier molecular flexibility index (Phi) is 4.10. The predicted octanol–water partition coefficient (Wildman–Crippen LogP) is 0.823. The van der Waals surface area contributed by atoms with Crippen molar-refractivity contribution in [3.05, 3.63) is 18.2 Å². The van der Waals surface area contributed by atoms with Gasteiger partial charge in [-0.25, -0.2) is 4.98 Å². The SMILES string of the molecule is CC(CC(N)=O)Nc1cccc(N(C)C)n1. The minimum absolute atomic E-state index is 0.0117. The van der Waals surface area contributed by atoms with Gasteiger partial charge in [0.2, 0.25) is 5.91 Å². The number of carbonyl (C=O) groups excluding carboxylic acids is 1. The van der Waals surface area contributed by atoms with E-state index in [4.69, 9.17) is 5.73 Å². The van der Waals surface area contributed by atoms with Gasteiger partial charge in [0.15, 0.2) is 0 Å². The van der Waals surface area contributed by atoms with Crippen LogP contribution in [0.5, 0.6) is 0 Å². The fourth-order valence-corrected chi connectivity index (χ4v) is 1.36. The second-order valence-electron chi connectivity index (χ2n) is 3.99. The average Bonchev–Trinajstić information content (AvgIpc) is 2.16. The van der Waals surface area contributed by atoms with Gasteiger partial charge in [0, 0.05) is 26.6 Å². The van der Waals surface area contributed by atoms with E-state index in [9.17, 15) is 4.79 Å². The van der Waals surface area contributed by atoms with Crippen LogP contribution in [0, 0.1) is 0 Å². The first-order valence-electron chi connectivity index (χ1n) is 5.18. The minimum atomic E-state index is -0.316. The van der Waals surface area contributed by atoms with E-state index in [1.165, 1.54) is 0 Å². The number of nitrogens with two attached hydrogens (primary N) is 1. The van der Waals surface area contributed by atoms with E-state index in [1.807, 2.05) is 44.1 Å². The zero-order valence-electron chi connectivity index (χ0n) is 9.90. The fourth-order valence-electron chi connectivity index (χ4n) is 1.36. The van der Waals surface area contributed by atoms with Gasteiger partial charge in [-0.15, -0.1) is 0 Å². The molecule has 0 fully saturated rings. The first kappa shape index (κ1) is 12.3. The molecule has 0 aliphatic rings. The smallest absolute Gasteiger partial charge is 0.219 e. The molecule has 0 saturated carbocycles. The maximum Gasteiger partial charge on any atom is 0.219 e. The van der Waals surface area contributed by atoms with Crippen LogP contribution in [0.2, 0.25) is 0 Å². The number of rotatable bonds is 5. The number of carbonyl (C=O) groups is 1. The normalized spacial score (nSPS) is 11.9. The van der Waals surface area contributed by atoms with E-state index >= 15 is 0 Å². The van der Waals surface area contributed by atoms with Crippen LogP contribution in [0.15, 0.2) is 18.2 Å². The Hall–Kier alpha value is -1.78. The molecule has 0 bridgehead atoms. The number of nitrogens with one attached hydrogen (secondary N) is 1.